The Kier molecular flexibility index (Phi) is 6.11. The molecule has 0 spiro atoms. The second-order valence-electron chi connectivity index (χ2n) is 7.80. The summed E-state index contributed by atoms with van der Waals surface area (Å²) in [4.78, 5) is 12.2. The molecule has 156 valence electrons. The zero-order valence-electron chi connectivity index (χ0n) is 17.1. The minimum atomic E-state index is -0.265. The molecule has 1 saturated heterocycles. The second kappa shape index (κ2) is 8.93. The third-order valence-electron chi connectivity index (χ3n) is 5.33. The Morgan fingerprint density at radius 2 is 1.87 bits per heavy atom. The van der Waals surface area contributed by atoms with Crippen molar-refractivity contribution in [2.24, 2.45) is 0 Å². The van der Waals surface area contributed by atoms with Crippen LogP contribution in [0, 0.1) is 0 Å². The average Bonchev–Trinajstić information content (AvgIpc) is 3.45. The number of amides is 1. The minimum absolute atomic E-state index is 0.00283. The van der Waals surface area contributed by atoms with Crippen LogP contribution < -0.4 is 10.1 Å². The number of hydrogen-bond acceptors (Lipinski definition) is 6. The lowest BCUT2D eigenvalue weighted by atomic mass is 9.78. The van der Waals surface area contributed by atoms with Crippen LogP contribution in [-0.4, -0.2) is 29.3 Å². The maximum atomic E-state index is 12.2. The highest BCUT2D eigenvalue weighted by molar-refractivity contribution is 7.15. The van der Waals surface area contributed by atoms with Gasteiger partial charge in [-0.1, -0.05) is 67.6 Å². The molecule has 0 radical (unpaired) electrons. The number of ether oxygens (including phenoxy) is 2. The number of carbonyl (C=O) groups excluding carboxylic acids is 1. The summed E-state index contributed by atoms with van der Waals surface area (Å²) in [6.07, 6.45) is 1.98. The molecule has 1 N–H and O–H groups in total. The van der Waals surface area contributed by atoms with Gasteiger partial charge < -0.3 is 9.47 Å². The van der Waals surface area contributed by atoms with Crippen LogP contribution in [-0.2, 0) is 14.9 Å². The van der Waals surface area contributed by atoms with Crippen molar-refractivity contribution in [3.8, 4) is 5.75 Å². The number of anilines is 1. The molecule has 1 aliphatic rings. The van der Waals surface area contributed by atoms with Crippen LogP contribution in [0.5, 0.6) is 5.75 Å². The van der Waals surface area contributed by atoms with E-state index in [0.717, 1.165) is 24.5 Å². The van der Waals surface area contributed by atoms with E-state index in [1.807, 2.05) is 30.3 Å². The van der Waals surface area contributed by atoms with Crippen molar-refractivity contribution in [2.45, 2.75) is 38.2 Å². The van der Waals surface area contributed by atoms with Gasteiger partial charge in [0.1, 0.15) is 16.9 Å². The number of carbonyl (C=O) groups is 1. The monoisotopic (exact) mass is 423 g/mol. The first-order valence-electron chi connectivity index (χ1n) is 10.1. The lowest BCUT2D eigenvalue weighted by Crippen LogP contribution is -2.20. The number of rotatable bonds is 7. The van der Waals surface area contributed by atoms with Gasteiger partial charge >= 0.3 is 0 Å². The largest absolute Gasteiger partial charge is 0.484 e. The van der Waals surface area contributed by atoms with Crippen molar-refractivity contribution in [3.05, 3.63) is 70.7 Å². The highest BCUT2D eigenvalue weighted by Crippen LogP contribution is 2.33. The molecule has 1 atom stereocenters. The van der Waals surface area contributed by atoms with Crippen LogP contribution in [0.2, 0.25) is 0 Å². The van der Waals surface area contributed by atoms with Crippen LogP contribution in [0.25, 0.3) is 0 Å². The SMILES string of the molecule is CC(C)(c1ccccc1)c1ccc(OCC(=O)Nc2nnc(C3CCCO3)s2)cc1. The zero-order chi connectivity index (χ0) is 21.0. The smallest absolute Gasteiger partial charge is 0.264 e. The van der Waals surface area contributed by atoms with Crippen molar-refractivity contribution in [3.63, 3.8) is 0 Å². The third kappa shape index (κ3) is 4.68. The summed E-state index contributed by atoms with van der Waals surface area (Å²) < 4.78 is 11.2. The molecular formula is C23H25N3O3S. The van der Waals surface area contributed by atoms with Crippen molar-refractivity contribution in [1.82, 2.24) is 10.2 Å². The fraction of sp³-hybridized carbons (Fsp3) is 0.348. The Labute approximate surface area is 180 Å². The van der Waals surface area contributed by atoms with Gasteiger partial charge in [-0.3, -0.25) is 10.1 Å². The third-order valence-corrected chi connectivity index (χ3v) is 6.26. The molecule has 0 saturated carbocycles. The van der Waals surface area contributed by atoms with Crippen LogP contribution in [0.15, 0.2) is 54.6 Å². The molecule has 4 rings (SSSR count). The van der Waals surface area contributed by atoms with Crippen molar-refractivity contribution in [2.75, 3.05) is 18.5 Å². The van der Waals surface area contributed by atoms with E-state index >= 15 is 0 Å². The van der Waals surface area contributed by atoms with Crippen molar-refractivity contribution in [1.29, 1.82) is 0 Å². The van der Waals surface area contributed by atoms with Crippen LogP contribution >= 0.6 is 11.3 Å². The van der Waals surface area contributed by atoms with E-state index in [1.165, 1.54) is 22.5 Å². The number of nitrogens with one attached hydrogen (secondary N) is 1. The van der Waals surface area contributed by atoms with Gasteiger partial charge in [-0.25, -0.2) is 0 Å². The number of nitrogens with zero attached hydrogens (tertiary/aromatic N) is 2. The predicted molar refractivity (Wildman–Crippen MR) is 117 cm³/mol. The van der Waals surface area contributed by atoms with Crippen LogP contribution in [0.3, 0.4) is 0 Å². The number of benzene rings is 2. The first-order valence-corrected chi connectivity index (χ1v) is 10.9. The average molecular weight is 424 g/mol. The Bertz CT molecular complexity index is 980. The van der Waals surface area contributed by atoms with Gasteiger partial charge in [0.05, 0.1) is 0 Å². The quantitative estimate of drug-likeness (QED) is 0.595. The van der Waals surface area contributed by atoms with E-state index in [1.54, 1.807) is 0 Å². The van der Waals surface area contributed by atoms with Gasteiger partial charge in [0.2, 0.25) is 5.13 Å². The lowest BCUT2D eigenvalue weighted by Gasteiger charge is -2.26. The Balaban J connectivity index is 1.31. The number of hydrogen-bond donors (Lipinski definition) is 1. The topological polar surface area (TPSA) is 73.3 Å². The molecule has 1 unspecified atom stereocenters. The Morgan fingerprint density at radius 3 is 2.57 bits per heavy atom. The van der Waals surface area contributed by atoms with Gasteiger partial charge in [0, 0.05) is 12.0 Å². The van der Waals surface area contributed by atoms with E-state index < -0.39 is 0 Å². The number of aromatic nitrogens is 2. The molecule has 2 aromatic carbocycles. The molecule has 1 aliphatic heterocycles. The van der Waals surface area contributed by atoms with Gasteiger partial charge in [-0.05, 0) is 36.1 Å². The molecule has 1 aromatic heterocycles. The van der Waals surface area contributed by atoms with Crippen LogP contribution in [0.4, 0.5) is 5.13 Å². The van der Waals surface area contributed by atoms with Crippen LogP contribution in [0.1, 0.15) is 48.9 Å². The van der Waals surface area contributed by atoms with E-state index in [9.17, 15) is 4.79 Å². The summed E-state index contributed by atoms with van der Waals surface area (Å²) in [7, 11) is 0. The van der Waals surface area contributed by atoms with E-state index in [-0.39, 0.29) is 24.0 Å². The van der Waals surface area contributed by atoms with Crippen molar-refractivity contribution >= 4 is 22.4 Å². The maximum absolute atomic E-state index is 12.2. The molecule has 2 heterocycles. The summed E-state index contributed by atoms with van der Waals surface area (Å²) in [6, 6.07) is 18.3. The highest BCUT2D eigenvalue weighted by atomic mass is 32.1. The molecule has 3 aromatic rings. The zero-order valence-corrected chi connectivity index (χ0v) is 17.9. The Morgan fingerprint density at radius 1 is 1.13 bits per heavy atom. The molecule has 6 nitrogen and oxygen atoms in total. The summed E-state index contributed by atoms with van der Waals surface area (Å²) in [6.45, 7) is 5.05. The summed E-state index contributed by atoms with van der Waals surface area (Å²) in [5.74, 6) is 0.383. The fourth-order valence-corrected chi connectivity index (χ4v) is 4.32. The molecule has 1 fully saturated rings. The second-order valence-corrected chi connectivity index (χ2v) is 8.81. The molecular weight excluding hydrogens is 398 g/mol. The summed E-state index contributed by atoms with van der Waals surface area (Å²) >= 11 is 1.35. The van der Waals surface area contributed by atoms with Crippen molar-refractivity contribution < 1.29 is 14.3 Å². The first-order chi connectivity index (χ1) is 14.5. The van der Waals surface area contributed by atoms with E-state index in [0.29, 0.717) is 10.9 Å². The molecule has 1 amide bonds. The summed E-state index contributed by atoms with van der Waals surface area (Å²) in [5.41, 5.74) is 2.31. The summed E-state index contributed by atoms with van der Waals surface area (Å²) in [5, 5.41) is 12.2. The minimum Gasteiger partial charge on any atom is -0.484 e. The molecule has 7 heteroatoms. The maximum Gasteiger partial charge on any atom is 0.264 e. The van der Waals surface area contributed by atoms with Gasteiger partial charge in [-0.15, -0.1) is 10.2 Å². The first kappa shape index (κ1) is 20.5. The van der Waals surface area contributed by atoms with E-state index in [4.69, 9.17) is 9.47 Å². The Hall–Kier alpha value is -2.77. The van der Waals surface area contributed by atoms with Gasteiger partial charge in [0.15, 0.2) is 6.61 Å². The molecule has 0 aliphatic carbocycles. The lowest BCUT2D eigenvalue weighted by molar-refractivity contribution is -0.118. The molecule has 0 bridgehead atoms. The predicted octanol–water partition coefficient (Wildman–Crippen LogP) is 4.73. The normalized spacial score (nSPS) is 16.4. The molecule has 30 heavy (non-hydrogen) atoms. The van der Waals surface area contributed by atoms with E-state index in [2.05, 4.69) is 53.6 Å². The fourth-order valence-electron chi connectivity index (χ4n) is 3.48. The van der Waals surface area contributed by atoms with Gasteiger partial charge in [-0.2, -0.15) is 0 Å². The highest BCUT2D eigenvalue weighted by Gasteiger charge is 2.23. The van der Waals surface area contributed by atoms with Gasteiger partial charge in [0.25, 0.3) is 5.91 Å². The standard InChI is InChI=1S/C23H25N3O3S/c1-23(2,16-7-4-3-5-8-16)17-10-12-18(13-11-17)29-15-20(27)24-22-26-25-21(30-22)19-9-6-14-28-19/h3-5,7-8,10-13,19H,6,9,14-15H2,1-2H3,(H,24,26,27).